The van der Waals surface area contributed by atoms with E-state index in [1.807, 2.05) is 0 Å². The lowest BCUT2D eigenvalue weighted by molar-refractivity contribution is 0.333. The maximum atomic E-state index is 3.66. The normalized spacial score (nSPS) is 31.2. The van der Waals surface area contributed by atoms with E-state index in [4.69, 9.17) is 0 Å². The van der Waals surface area contributed by atoms with E-state index in [1.165, 1.54) is 43.4 Å². The minimum absolute atomic E-state index is 0.507. The Morgan fingerprint density at radius 2 is 1.82 bits per heavy atom. The molecule has 92 valence electrons. The number of hydrogen-bond donors (Lipinski definition) is 1. The zero-order chi connectivity index (χ0) is 11.9. The van der Waals surface area contributed by atoms with Crippen LogP contribution < -0.4 is 5.32 Å². The fraction of sp³-hybridized carbons (Fsp3) is 0.625. The smallest absolute Gasteiger partial charge is 0.0320 e. The standard InChI is InChI=1S/C16H23N/c1-12-3-8-15(17-11-12)13-4-6-14(7-5-13)16(2)9-10-16/h4-7,12,15,17H,3,8-11H2,1-2H3. The van der Waals surface area contributed by atoms with Crippen LogP contribution in [0.2, 0.25) is 0 Å². The molecule has 1 aliphatic heterocycles. The van der Waals surface area contributed by atoms with Gasteiger partial charge >= 0.3 is 0 Å². The van der Waals surface area contributed by atoms with Crippen LogP contribution in [0.4, 0.5) is 0 Å². The van der Waals surface area contributed by atoms with Gasteiger partial charge in [-0.3, -0.25) is 0 Å². The van der Waals surface area contributed by atoms with Crippen LogP contribution in [0.5, 0.6) is 0 Å². The third-order valence-corrected chi connectivity index (χ3v) is 4.67. The first-order valence-corrected chi connectivity index (χ1v) is 7.01. The van der Waals surface area contributed by atoms with Crippen molar-refractivity contribution in [1.29, 1.82) is 0 Å². The van der Waals surface area contributed by atoms with Crippen molar-refractivity contribution in [2.24, 2.45) is 5.92 Å². The van der Waals surface area contributed by atoms with Crippen LogP contribution in [-0.2, 0) is 5.41 Å². The molecule has 1 nitrogen and oxygen atoms in total. The molecule has 0 amide bonds. The molecule has 1 aromatic rings. The van der Waals surface area contributed by atoms with E-state index >= 15 is 0 Å². The topological polar surface area (TPSA) is 12.0 Å². The summed E-state index contributed by atoms with van der Waals surface area (Å²) in [7, 11) is 0. The van der Waals surface area contributed by atoms with Gasteiger partial charge in [0.1, 0.15) is 0 Å². The third kappa shape index (κ3) is 2.26. The Bertz CT molecular complexity index is 380. The van der Waals surface area contributed by atoms with Crippen molar-refractivity contribution in [3.8, 4) is 0 Å². The van der Waals surface area contributed by atoms with Gasteiger partial charge in [0.2, 0.25) is 0 Å². The molecule has 1 N–H and O–H groups in total. The van der Waals surface area contributed by atoms with Crippen LogP contribution in [0.15, 0.2) is 24.3 Å². The third-order valence-electron chi connectivity index (χ3n) is 4.67. The highest BCUT2D eigenvalue weighted by atomic mass is 14.9. The predicted octanol–water partition coefficient (Wildman–Crippen LogP) is 3.80. The van der Waals surface area contributed by atoms with E-state index in [0.717, 1.165) is 5.92 Å². The molecule has 1 saturated carbocycles. The van der Waals surface area contributed by atoms with Crippen LogP contribution in [-0.4, -0.2) is 6.54 Å². The zero-order valence-electron chi connectivity index (χ0n) is 11.0. The monoisotopic (exact) mass is 229 g/mol. The second-order valence-electron chi connectivity index (χ2n) is 6.33. The number of benzene rings is 1. The average Bonchev–Trinajstić information content (AvgIpc) is 3.10. The Morgan fingerprint density at radius 1 is 1.12 bits per heavy atom. The summed E-state index contributed by atoms with van der Waals surface area (Å²) >= 11 is 0. The van der Waals surface area contributed by atoms with Crippen molar-refractivity contribution in [1.82, 2.24) is 5.32 Å². The largest absolute Gasteiger partial charge is 0.310 e. The van der Waals surface area contributed by atoms with Gasteiger partial charge in [-0.2, -0.15) is 0 Å². The molecule has 1 heterocycles. The molecule has 0 radical (unpaired) electrons. The Kier molecular flexibility index (Phi) is 2.74. The molecule has 2 aliphatic rings. The second-order valence-corrected chi connectivity index (χ2v) is 6.33. The molecular formula is C16H23N. The van der Waals surface area contributed by atoms with Crippen molar-refractivity contribution in [3.05, 3.63) is 35.4 Å². The van der Waals surface area contributed by atoms with Crippen molar-refractivity contribution >= 4 is 0 Å². The van der Waals surface area contributed by atoms with Gasteiger partial charge in [-0.25, -0.2) is 0 Å². The lowest BCUT2D eigenvalue weighted by Gasteiger charge is -2.28. The minimum atomic E-state index is 0.507. The fourth-order valence-electron chi connectivity index (χ4n) is 2.88. The van der Waals surface area contributed by atoms with Gasteiger partial charge in [-0.1, -0.05) is 38.1 Å². The highest BCUT2D eigenvalue weighted by Gasteiger charge is 2.38. The molecule has 1 heteroatoms. The van der Waals surface area contributed by atoms with Gasteiger partial charge in [0.25, 0.3) is 0 Å². The van der Waals surface area contributed by atoms with Crippen molar-refractivity contribution < 1.29 is 0 Å². The zero-order valence-corrected chi connectivity index (χ0v) is 11.0. The molecule has 2 unspecified atom stereocenters. The summed E-state index contributed by atoms with van der Waals surface area (Å²) < 4.78 is 0. The Morgan fingerprint density at radius 3 is 2.35 bits per heavy atom. The molecule has 2 fully saturated rings. The number of hydrogen-bond acceptors (Lipinski definition) is 1. The van der Waals surface area contributed by atoms with Crippen molar-refractivity contribution in [2.75, 3.05) is 6.54 Å². The average molecular weight is 229 g/mol. The second kappa shape index (κ2) is 4.13. The van der Waals surface area contributed by atoms with E-state index in [-0.39, 0.29) is 0 Å². The van der Waals surface area contributed by atoms with Crippen LogP contribution in [0.25, 0.3) is 0 Å². The van der Waals surface area contributed by atoms with E-state index in [2.05, 4.69) is 43.4 Å². The molecule has 17 heavy (non-hydrogen) atoms. The lowest BCUT2D eigenvalue weighted by atomic mass is 9.90. The summed E-state index contributed by atoms with van der Waals surface area (Å²) in [4.78, 5) is 0. The van der Waals surface area contributed by atoms with Crippen LogP contribution in [0.1, 0.15) is 56.7 Å². The molecule has 1 aliphatic carbocycles. The molecule has 1 saturated heterocycles. The molecule has 3 rings (SSSR count). The molecule has 0 aromatic heterocycles. The molecular weight excluding hydrogens is 206 g/mol. The molecule has 2 atom stereocenters. The van der Waals surface area contributed by atoms with Crippen molar-refractivity contribution in [2.45, 2.75) is 51.0 Å². The highest BCUT2D eigenvalue weighted by Crippen LogP contribution is 2.47. The quantitative estimate of drug-likeness (QED) is 0.813. The molecule has 0 spiro atoms. The van der Waals surface area contributed by atoms with Gasteiger partial charge in [0.05, 0.1) is 0 Å². The SMILES string of the molecule is CC1CCC(c2ccc(C3(C)CC3)cc2)NC1. The van der Waals surface area contributed by atoms with E-state index in [1.54, 1.807) is 0 Å². The highest BCUT2D eigenvalue weighted by molar-refractivity contribution is 5.33. The summed E-state index contributed by atoms with van der Waals surface area (Å²) in [6, 6.07) is 9.97. The Hall–Kier alpha value is -0.820. The number of piperidine rings is 1. The van der Waals surface area contributed by atoms with Crippen molar-refractivity contribution in [3.63, 3.8) is 0 Å². The van der Waals surface area contributed by atoms with Gasteiger partial charge in [0, 0.05) is 6.04 Å². The Labute approximate surface area is 105 Å². The summed E-state index contributed by atoms with van der Waals surface area (Å²) in [5, 5.41) is 3.66. The first-order chi connectivity index (χ1) is 8.17. The maximum absolute atomic E-state index is 3.66. The molecule has 0 bridgehead atoms. The number of rotatable bonds is 2. The summed E-state index contributed by atoms with van der Waals surface area (Å²) in [5.74, 6) is 0.843. The first-order valence-electron chi connectivity index (χ1n) is 7.01. The van der Waals surface area contributed by atoms with Crippen LogP contribution in [0, 0.1) is 5.92 Å². The minimum Gasteiger partial charge on any atom is -0.310 e. The molecule has 1 aromatic carbocycles. The van der Waals surface area contributed by atoms with Gasteiger partial charge < -0.3 is 5.32 Å². The Balaban J connectivity index is 1.71. The summed E-state index contributed by atoms with van der Waals surface area (Å²) in [6.45, 7) is 5.88. The van der Waals surface area contributed by atoms with E-state index in [0.29, 0.717) is 11.5 Å². The maximum Gasteiger partial charge on any atom is 0.0320 e. The van der Waals surface area contributed by atoms with Gasteiger partial charge in [0.15, 0.2) is 0 Å². The van der Waals surface area contributed by atoms with Gasteiger partial charge in [-0.05, 0) is 54.7 Å². The summed E-state index contributed by atoms with van der Waals surface area (Å²) in [5.41, 5.74) is 3.52. The first kappa shape index (κ1) is 11.3. The van der Waals surface area contributed by atoms with Crippen LogP contribution in [0.3, 0.4) is 0 Å². The van der Waals surface area contributed by atoms with Gasteiger partial charge in [-0.15, -0.1) is 0 Å². The van der Waals surface area contributed by atoms with E-state index in [9.17, 15) is 0 Å². The van der Waals surface area contributed by atoms with Crippen LogP contribution >= 0.6 is 0 Å². The lowest BCUT2D eigenvalue weighted by Crippen LogP contribution is -2.31. The number of nitrogens with one attached hydrogen (secondary N) is 1. The van der Waals surface area contributed by atoms with E-state index < -0.39 is 0 Å². The summed E-state index contributed by atoms with van der Waals surface area (Å²) in [6.07, 6.45) is 5.38. The predicted molar refractivity (Wildman–Crippen MR) is 72.2 cm³/mol. The fourth-order valence-corrected chi connectivity index (χ4v) is 2.88.